The predicted molar refractivity (Wildman–Crippen MR) is 99.4 cm³/mol. The van der Waals surface area contributed by atoms with Crippen LogP contribution < -0.4 is 4.90 Å². The van der Waals surface area contributed by atoms with E-state index in [-0.39, 0.29) is 11.6 Å². The molecule has 1 heterocycles. The van der Waals surface area contributed by atoms with Crippen LogP contribution in [-0.4, -0.2) is 42.1 Å². The third-order valence-electron chi connectivity index (χ3n) is 4.98. The van der Waals surface area contributed by atoms with Crippen LogP contribution in [0.2, 0.25) is 0 Å². The van der Waals surface area contributed by atoms with Gasteiger partial charge in [0.1, 0.15) is 5.82 Å². The van der Waals surface area contributed by atoms with Gasteiger partial charge in [0.05, 0.1) is 5.69 Å². The van der Waals surface area contributed by atoms with Gasteiger partial charge in [-0.1, -0.05) is 45.4 Å². The van der Waals surface area contributed by atoms with Crippen molar-refractivity contribution < 1.29 is 18.7 Å². The van der Waals surface area contributed by atoms with E-state index < -0.39 is 17.4 Å². The molecular formula is C20H30F2N2O2. The summed E-state index contributed by atoms with van der Waals surface area (Å²) < 4.78 is 27.4. The van der Waals surface area contributed by atoms with Gasteiger partial charge in [0.2, 0.25) is 5.91 Å². The van der Waals surface area contributed by atoms with Crippen molar-refractivity contribution >= 4 is 11.6 Å². The van der Waals surface area contributed by atoms with Gasteiger partial charge in [0, 0.05) is 44.7 Å². The summed E-state index contributed by atoms with van der Waals surface area (Å²) in [6, 6.07) is 1.81. The Morgan fingerprint density at radius 2 is 1.58 bits per heavy atom. The van der Waals surface area contributed by atoms with E-state index in [1.807, 2.05) is 4.90 Å². The number of phenolic OH excluding ortho intramolecular Hbond substituents is 1. The lowest BCUT2D eigenvalue weighted by atomic mass is 10.1. The van der Waals surface area contributed by atoms with Crippen molar-refractivity contribution in [2.24, 2.45) is 0 Å². The molecule has 1 N–H and O–H groups in total. The lowest BCUT2D eigenvalue weighted by molar-refractivity contribution is -0.131. The van der Waals surface area contributed by atoms with Gasteiger partial charge in [-0.15, -0.1) is 0 Å². The summed E-state index contributed by atoms with van der Waals surface area (Å²) in [4.78, 5) is 15.8. The molecule has 0 unspecified atom stereocenters. The molecule has 1 fully saturated rings. The summed E-state index contributed by atoms with van der Waals surface area (Å²) in [5.41, 5.74) is 0.138. The topological polar surface area (TPSA) is 43.8 Å². The van der Waals surface area contributed by atoms with Crippen LogP contribution in [-0.2, 0) is 4.79 Å². The second-order valence-corrected chi connectivity index (χ2v) is 6.99. The van der Waals surface area contributed by atoms with Crippen molar-refractivity contribution in [1.82, 2.24) is 4.90 Å². The zero-order valence-electron chi connectivity index (χ0n) is 15.6. The van der Waals surface area contributed by atoms with E-state index in [0.717, 1.165) is 25.0 Å². The van der Waals surface area contributed by atoms with Gasteiger partial charge in [-0.2, -0.15) is 0 Å². The van der Waals surface area contributed by atoms with Crippen molar-refractivity contribution in [1.29, 1.82) is 0 Å². The monoisotopic (exact) mass is 368 g/mol. The Labute approximate surface area is 154 Å². The Kier molecular flexibility index (Phi) is 8.13. The Morgan fingerprint density at radius 3 is 2.23 bits per heavy atom. The molecule has 0 saturated carbocycles. The molecule has 26 heavy (non-hydrogen) atoms. The Morgan fingerprint density at radius 1 is 0.962 bits per heavy atom. The molecule has 2 rings (SSSR count). The van der Waals surface area contributed by atoms with Crippen molar-refractivity contribution in [2.75, 3.05) is 31.1 Å². The number of phenols is 1. The average molecular weight is 368 g/mol. The van der Waals surface area contributed by atoms with Gasteiger partial charge in [0.25, 0.3) is 0 Å². The first kappa shape index (κ1) is 20.5. The smallest absolute Gasteiger partial charge is 0.222 e. The minimum absolute atomic E-state index is 0.138. The molecule has 1 aliphatic rings. The lowest BCUT2D eigenvalue weighted by Gasteiger charge is -2.36. The molecule has 1 saturated heterocycles. The fourth-order valence-electron chi connectivity index (χ4n) is 3.36. The maximum Gasteiger partial charge on any atom is 0.222 e. The fraction of sp³-hybridized carbons (Fsp3) is 0.650. The second kappa shape index (κ2) is 10.3. The average Bonchev–Trinajstić information content (AvgIpc) is 2.64. The number of rotatable bonds is 9. The second-order valence-electron chi connectivity index (χ2n) is 6.99. The number of nitrogens with zero attached hydrogens (tertiary/aromatic N) is 2. The van der Waals surface area contributed by atoms with Gasteiger partial charge >= 0.3 is 0 Å². The molecule has 1 amide bonds. The Bertz CT molecular complexity index is 587. The quantitative estimate of drug-likeness (QED) is 0.655. The first-order valence-corrected chi connectivity index (χ1v) is 9.73. The zero-order chi connectivity index (χ0) is 18.9. The number of hydrogen-bond donors (Lipinski definition) is 1. The first-order valence-electron chi connectivity index (χ1n) is 9.73. The summed E-state index contributed by atoms with van der Waals surface area (Å²) >= 11 is 0. The third kappa shape index (κ3) is 5.85. The van der Waals surface area contributed by atoms with Crippen molar-refractivity contribution in [3.05, 3.63) is 23.8 Å². The minimum Gasteiger partial charge on any atom is -0.505 e. The number of piperazine rings is 1. The Hall–Kier alpha value is -1.85. The van der Waals surface area contributed by atoms with Crippen molar-refractivity contribution in [3.63, 3.8) is 0 Å². The summed E-state index contributed by atoms with van der Waals surface area (Å²) in [5.74, 6) is -2.02. The highest BCUT2D eigenvalue weighted by molar-refractivity contribution is 5.76. The summed E-state index contributed by atoms with van der Waals surface area (Å²) in [5, 5.41) is 9.21. The van der Waals surface area contributed by atoms with Gasteiger partial charge in [0.15, 0.2) is 11.6 Å². The van der Waals surface area contributed by atoms with Crippen LogP contribution in [0.4, 0.5) is 14.5 Å². The van der Waals surface area contributed by atoms with Crippen LogP contribution in [0.3, 0.4) is 0 Å². The standard InChI is InChI=1S/C20H30F2N2O2/c1-2-3-4-5-6-7-8-9-20(26)24-12-10-23(11-13-24)18-14-17(22)19(25)15-16(18)21/h14-15,25H,2-13H2,1H3. The molecule has 0 aromatic heterocycles. The van der Waals surface area contributed by atoms with Crippen LogP contribution in [0.5, 0.6) is 5.75 Å². The number of aromatic hydroxyl groups is 1. The van der Waals surface area contributed by atoms with Crippen LogP contribution in [0, 0.1) is 11.6 Å². The maximum atomic E-state index is 13.9. The van der Waals surface area contributed by atoms with E-state index in [1.165, 1.54) is 32.1 Å². The molecule has 1 aromatic rings. The normalized spacial score (nSPS) is 14.7. The lowest BCUT2D eigenvalue weighted by Crippen LogP contribution is -2.49. The molecule has 0 radical (unpaired) electrons. The van der Waals surface area contributed by atoms with E-state index in [2.05, 4.69) is 6.92 Å². The fourth-order valence-corrected chi connectivity index (χ4v) is 3.36. The highest BCUT2D eigenvalue weighted by atomic mass is 19.1. The highest BCUT2D eigenvalue weighted by Crippen LogP contribution is 2.27. The number of carbonyl (C=O) groups is 1. The number of amides is 1. The van der Waals surface area contributed by atoms with Crippen LogP contribution >= 0.6 is 0 Å². The molecule has 146 valence electrons. The summed E-state index contributed by atoms with van der Waals surface area (Å²) in [6.45, 7) is 4.15. The molecule has 4 nitrogen and oxygen atoms in total. The molecule has 1 aromatic carbocycles. The summed E-state index contributed by atoms with van der Waals surface area (Å²) in [7, 11) is 0. The predicted octanol–water partition coefficient (Wildman–Crippen LogP) is 4.46. The van der Waals surface area contributed by atoms with E-state index in [9.17, 15) is 18.7 Å². The van der Waals surface area contributed by atoms with Gasteiger partial charge in [-0.3, -0.25) is 4.79 Å². The minimum atomic E-state index is -0.834. The largest absolute Gasteiger partial charge is 0.505 e. The molecular weight excluding hydrogens is 338 g/mol. The molecule has 0 bridgehead atoms. The van der Waals surface area contributed by atoms with Crippen LogP contribution in [0.15, 0.2) is 12.1 Å². The molecule has 6 heteroatoms. The van der Waals surface area contributed by atoms with E-state index in [4.69, 9.17) is 0 Å². The van der Waals surface area contributed by atoms with Crippen LogP contribution in [0.25, 0.3) is 0 Å². The molecule has 1 aliphatic heterocycles. The SMILES string of the molecule is CCCCCCCCCC(=O)N1CCN(c2cc(F)c(O)cc2F)CC1. The van der Waals surface area contributed by atoms with E-state index >= 15 is 0 Å². The number of halogens is 2. The van der Waals surface area contributed by atoms with Crippen LogP contribution in [0.1, 0.15) is 58.3 Å². The number of benzene rings is 1. The number of unbranched alkanes of at least 4 members (excludes halogenated alkanes) is 6. The molecule has 0 atom stereocenters. The molecule has 0 spiro atoms. The van der Waals surface area contributed by atoms with Gasteiger partial charge in [-0.05, 0) is 6.42 Å². The number of carbonyl (C=O) groups excluding carboxylic acids is 1. The highest BCUT2D eigenvalue weighted by Gasteiger charge is 2.23. The van der Waals surface area contributed by atoms with Gasteiger partial charge in [-0.25, -0.2) is 8.78 Å². The van der Waals surface area contributed by atoms with Crippen molar-refractivity contribution in [2.45, 2.75) is 58.3 Å². The van der Waals surface area contributed by atoms with E-state index in [1.54, 1.807) is 4.90 Å². The third-order valence-corrected chi connectivity index (χ3v) is 4.98. The number of anilines is 1. The first-order chi connectivity index (χ1) is 12.5. The van der Waals surface area contributed by atoms with E-state index in [0.29, 0.717) is 32.6 Å². The van der Waals surface area contributed by atoms with Crippen molar-refractivity contribution in [3.8, 4) is 5.75 Å². The Balaban J connectivity index is 1.71. The number of hydrogen-bond acceptors (Lipinski definition) is 3. The maximum absolute atomic E-state index is 13.9. The molecule has 0 aliphatic carbocycles. The summed E-state index contributed by atoms with van der Waals surface area (Å²) in [6.07, 6.45) is 8.81. The zero-order valence-corrected chi connectivity index (χ0v) is 15.6. The van der Waals surface area contributed by atoms with Gasteiger partial charge < -0.3 is 14.9 Å².